The highest BCUT2D eigenvalue weighted by molar-refractivity contribution is 5.69. The molecule has 0 radical (unpaired) electrons. The Morgan fingerprint density at radius 3 is 2.22 bits per heavy atom. The maximum Gasteiger partial charge on any atom is 0.305 e. The molecule has 0 bridgehead atoms. The minimum atomic E-state index is -0.194. The van der Waals surface area contributed by atoms with Crippen molar-refractivity contribution in [3.63, 3.8) is 0 Å². The molecule has 1 saturated heterocycles. The van der Waals surface area contributed by atoms with E-state index in [0.29, 0.717) is 18.6 Å². The van der Waals surface area contributed by atoms with Crippen molar-refractivity contribution >= 4 is 5.97 Å². The summed E-state index contributed by atoms with van der Waals surface area (Å²) in [7, 11) is 1.43. The van der Waals surface area contributed by atoms with Crippen LogP contribution in [-0.4, -0.2) is 31.1 Å². The summed E-state index contributed by atoms with van der Waals surface area (Å²) in [4.78, 5) is 11.2. The van der Waals surface area contributed by atoms with E-state index in [2.05, 4.69) is 39.0 Å². The van der Waals surface area contributed by atoms with Gasteiger partial charge in [0, 0.05) is 18.4 Å². The molecule has 36 heavy (non-hydrogen) atoms. The number of aromatic hydroxyl groups is 1. The second-order valence-corrected chi connectivity index (χ2v) is 10.1. The average Bonchev–Trinajstić information content (AvgIpc) is 2.87. The second-order valence-electron chi connectivity index (χ2n) is 10.1. The van der Waals surface area contributed by atoms with Gasteiger partial charge in [-0.25, -0.2) is 0 Å². The fraction of sp³-hybridized carbons (Fsp3) is 0.581. The Balaban J connectivity index is 1.85. The van der Waals surface area contributed by atoms with Crippen LogP contribution < -0.4 is 4.74 Å². The van der Waals surface area contributed by atoms with Crippen LogP contribution in [0.3, 0.4) is 0 Å². The van der Waals surface area contributed by atoms with Crippen molar-refractivity contribution in [2.45, 2.75) is 105 Å². The van der Waals surface area contributed by atoms with Crippen LogP contribution in [0.15, 0.2) is 41.0 Å². The maximum atomic E-state index is 11.2. The number of rotatable bonds is 13. The van der Waals surface area contributed by atoms with E-state index in [9.17, 15) is 9.90 Å². The van der Waals surface area contributed by atoms with E-state index in [1.54, 1.807) is 0 Å². The number of carbonyl (C=O) groups excluding carboxylic acids is 1. The molecule has 0 amide bonds. The fourth-order valence-electron chi connectivity index (χ4n) is 4.25. The van der Waals surface area contributed by atoms with Gasteiger partial charge in [-0.1, -0.05) is 34.9 Å². The van der Waals surface area contributed by atoms with Crippen molar-refractivity contribution in [1.29, 1.82) is 0 Å². The van der Waals surface area contributed by atoms with Crippen LogP contribution in [0.1, 0.15) is 95.2 Å². The zero-order valence-electron chi connectivity index (χ0n) is 23.2. The van der Waals surface area contributed by atoms with Crippen LogP contribution in [-0.2, 0) is 20.7 Å². The highest BCUT2D eigenvalue weighted by atomic mass is 16.7. The van der Waals surface area contributed by atoms with E-state index < -0.39 is 0 Å². The molecule has 5 heteroatoms. The Bertz CT molecular complexity index is 948. The fourth-order valence-corrected chi connectivity index (χ4v) is 4.25. The van der Waals surface area contributed by atoms with Gasteiger partial charge in [-0.15, -0.1) is 0 Å². The Labute approximate surface area is 218 Å². The molecular weight excluding hydrogens is 452 g/mol. The number of methoxy groups -OCH3 is 1. The molecule has 0 saturated carbocycles. The minimum absolute atomic E-state index is 0.155. The molecule has 200 valence electrons. The topological polar surface area (TPSA) is 65.0 Å². The van der Waals surface area contributed by atoms with Crippen LogP contribution >= 0.6 is 0 Å². The van der Waals surface area contributed by atoms with Gasteiger partial charge in [-0.3, -0.25) is 4.79 Å². The van der Waals surface area contributed by atoms with Crippen LogP contribution in [0.25, 0.3) is 0 Å². The van der Waals surface area contributed by atoms with Gasteiger partial charge >= 0.3 is 5.97 Å². The zero-order chi connectivity index (χ0) is 26.5. The monoisotopic (exact) mass is 498 g/mol. The molecule has 1 N–H and O–H groups in total. The summed E-state index contributed by atoms with van der Waals surface area (Å²) in [5.74, 6) is 1.02. The minimum Gasteiger partial charge on any atom is -0.507 e. The Morgan fingerprint density at radius 1 is 0.972 bits per heavy atom. The summed E-state index contributed by atoms with van der Waals surface area (Å²) >= 11 is 0. The number of hydrogen-bond donors (Lipinski definition) is 1. The van der Waals surface area contributed by atoms with Crippen molar-refractivity contribution in [2.24, 2.45) is 0 Å². The molecule has 1 aliphatic heterocycles. The van der Waals surface area contributed by atoms with Gasteiger partial charge in [-0.05, 0) is 103 Å². The van der Waals surface area contributed by atoms with E-state index >= 15 is 0 Å². The third-order valence-corrected chi connectivity index (χ3v) is 6.98. The molecule has 1 heterocycles. The molecule has 0 aromatic heterocycles. The average molecular weight is 499 g/mol. The molecule has 1 atom stereocenters. The number of allylic oxidation sites excluding steroid dienone is 6. The van der Waals surface area contributed by atoms with Gasteiger partial charge in [0.05, 0.1) is 13.7 Å². The van der Waals surface area contributed by atoms with Gasteiger partial charge in [0.15, 0.2) is 6.29 Å². The van der Waals surface area contributed by atoms with Gasteiger partial charge < -0.3 is 19.3 Å². The zero-order valence-corrected chi connectivity index (χ0v) is 23.2. The van der Waals surface area contributed by atoms with Crippen LogP contribution in [0.2, 0.25) is 0 Å². The Morgan fingerprint density at radius 2 is 1.61 bits per heavy atom. The number of phenolic OH excluding ortho intramolecular Hbond substituents is 1. The Kier molecular flexibility index (Phi) is 12.8. The van der Waals surface area contributed by atoms with Crippen LogP contribution in [0.4, 0.5) is 0 Å². The molecule has 1 aromatic carbocycles. The van der Waals surface area contributed by atoms with Crippen molar-refractivity contribution in [2.75, 3.05) is 13.7 Å². The third kappa shape index (κ3) is 10.2. The molecule has 1 aliphatic rings. The molecule has 1 aromatic rings. The van der Waals surface area contributed by atoms with Crippen LogP contribution in [0.5, 0.6) is 11.5 Å². The molecule has 5 nitrogen and oxygen atoms in total. The summed E-state index contributed by atoms with van der Waals surface area (Å²) in [6, 6.07) is 1.98. The highest BCUT2D eigenvalue weighted by Crippen LogP contribution is 2.34. The number of carbonyl (C=O) groups is 1. The summed E-state index contributed by atoms with van der Waals surface area (Å²) < 4.78 is 16.6. The first kappa shape index (κ1) is 29.7. The Hall–Kier alpha value is -2.53. The van der Waals surface area contributed by atoms with E-state index in [4.69, 9.17) is 14.2 Å². The quantitative estimate of drug-likeness (QED) is 0.222. The van der Waals surface area contributed by atoms with Crippen molar-refractivity contribution in [1.82, 2.24) is 0 Å². The van der Waals surface area contributed by atoms with Crippen molar-refractivity contribution in [3.8, 4) is 11.5 Å². The molecule has 0 aliphatic carbocycles. The lowest BCUT2D eigenvalue weighted by Gasteiger charge is -2.25. The van der Waals surface area contributed by atoms with Gasteiger partial charge in [0.1, 0.15) is 11.5 Å². The predicted molar refractivity (Wildman–Crippen MR) is 146 cm³/mol. The summed E-state index contributed by atoms with van der Waals surface area (Å²) in [6.45, 7) is 11.1. The lowest BCUT2D eigenvalue weighted by Crippen LogP contribution is -2.25. The second kappa shape index (κ2) is 15.6. The SMILES string of the molecule is COC(=O)CC/C(C)=C/CC/C(C)=C/CC/C(C)=C/Cc1cc(OC2CCCCO2)c(C)c(C)c1O. The van der Waals surface area contributed by atoms with E-state index in [-0.39, 0.29) is 12.3 Å². The number of ether oxygens (including phenoxy) is 3. The summed E-state index contributed by atoms with van der Waals surface area (Å²) in [5.41, 5.74) is 6.68. The molecular formula is C31H46O5. The van der Waals surface area contributed by atoms with Gasteiger partial charge in [0.2, 0.25) is 0 Å². The predicted octanol–water partition coefficient (Wildman–Crippen LogP) is 7.81. The normalized spacial score (nSPS) is 17.3. The van der Waals surface area contributed by atoms with Crippen LogP contribution in [0, 0.1) is 13.8 Å². The van der Waals surface area contributed by atoms with Gasteiger partial charge in [0.25, 0.3) is 0 Å². The lowest BCUT2D eigenvalue weighted by molar-refractivity contribution is -0.140. The van der Waals surface area contributed by atoms with Gasteiger partial charge in [-0.2, -0.15) is 0 Å². The van der Waals surface area contributed by atoms with E-state index in [0.717, 1.165) is 80.4 Å². The lowest BCUT2D eigenvalue weighted by atomic mass is 9.99. The molecule has 2 rings (SSSR count). The summed E-state index contributed by atoms with van der Waals surface area (Å²) in [5, 5.41) is 10.7. The molecule has 0 spiro atoms. The standard InChI is InChI=1S/C31H46O5/c1-22(12-10-14-24(3)17-19-29(32)34-6)11-9-13-23(2)16-18-27-21-28(25(4)26(5)31(27)33)36-30-15-7-8-20-35-30/h11,14,16,21,30,33H,7-10,12-13,15,17-20H2,1-6H3/b22-11+,23-16+,24-14+. The first-order chi connectivity index (χ1) is 17.2. The van der Waals surface area contributed by atoms with Crippen molar-refractivity contribution < 1.29 is 24.1 Å². The largest absolute Gasteiger partial charge is 0.507 e. The third-order valence-electron chi connectivity index (χ3n) is 6.98. The first-order valence-corrected chi connectivity index (χ1v) is 13.3. The number of hydrogen-bond acceptors (Lipinski definition) is 5. The highest BCUT2D eigenvalue weighted by Gasteiger charge is 2.19. The number of benzene rings is 1. The van der Waals surface area contributed by atoms with E-state index in [1.807, 2.05) is 19.9 Å². The molecule has 1 fully saturated rings. The first-order valence-electron chi connectivity index (χ1n) is 13.3. The maximum absolute atomic E-state index is 11.2. The van der Waals surface area contributed by atoms with Crippen molar-refractivity contribution in [3.05, 3.63) is 57.7 Å². The number of esters is 1. The molecule has 1 unspecified atom stereocenters. The smallest absolute Gasteiger partial charge is 0.305 e. The number of phenols is 1. The summed E-state index contributed by atoms with van der Waals surface area (Å²) in [6.07, 6.45) is 15.6. The van der Waals surface area contributed by atoms with E-state index in [1.165, 1.54) is 23.8 Å².